The van der Waals surface area contributed by atoms with Crippen LogP contribution in [0.1, 0.15) is 37.7 Å². The molecular formula is C16H22NO2-. The van der Waals surface area contributed by atoms with Crippen molar-refractivity contribution in [3.05, 3.63) is 35.9 Å². The molecule has 0 heterocycles. The second-order valence-electron chi connectivity index (χ2n) is 5.42. The Bertz CT molecular complexity index is 391. The summed E-state index contributed by atoms with van der Waals surface area (Å²) in [7, 11) is 0. The second-order valence-corrected chi connectivity index (χ2v) is 5.42. The number of benzene rings is 1. The molecule has 1 fully saturated rings. The third kappa shape index (κ3) is 4.35. The maximum Gasteiger partial charge on any atom is 0.0448 e. The Labute approximate surface area is 115 Å². The van der Waals surface area contributed by atoms with Crippen LogP contribution in [0, 0.1) is 11.8 Å². The van der Waals surface area contributed by atoms with Gasteiger partial charge in [-0.3, -0.25) is 0 Å². The first kappa shape index (κ1) is 14.1. The van der Waals surface area contributed by atoms with Crippen LogP contribution in [-0.2, 0) is 11.3 Å². The van der Waals surface area contributed by atoms with E-state index >= 15 is 0 Å². The van der Waals surface area contributed by atoms with Gasteiger partial charge in [0, 0.05) is 18.4 Å². The summed E-state index contributed by atoms with van der Waals surface area (Å²) in [5, 5.41) is 14.5. The van der Waals surface area contributed by atoms with Gasteiger partial charge in [-0.2, -0.15) is 0 Å². The standard InChI is InChI=1S/C16H23NO2/c18-16(19)15-9-5-4-8-14(15)10-11-17-12-13-6-2-1-3-7-13/h1-3,6-7,14-15,17H,4-5,8-12H2,(H,18,19)/p-1. The van der Waals surface area contributed by atoms with Crippen molar-refractivity contribution in [3.63, 3.8) is 0 Å². The molecule has 3 nitrogen and oxygen atoms in total. The quantitative estimate of drug-likeness (QED) is 0.792. The zero-order valence-corrected chi connectivity index (χ0v) is 11.3. The first-order chi connectivity index (χ1) is 9.27. The average Bonchev–Trinajstić information content (AvgIpc) is 2.45. The molecule has 1 N–H and O–H groups in total. The van der Waals surface area contributed by atoms with Gasteiger partial charge in [0.2, 0.25) is 0 Å². The Morgan fingerprint density at radius 3 is 2.68 bits per heavy atom. The van der Waals surface area contributed by atoms with Crippen molar-refractivity contribution < 1.29 is 9.90 Å². The summed E-state index contributed by atoms with van der Waals surface area (Å²) in [4.78, 5) is 11.1. The van der Waals surface area contributed by atoms with E-state index in [1.54, 1.807) is 0 Å². The van der Waals surface area contributed by atoms with E-state index in [4.69, 9.17) is 0 Å². The molecule has 0 saturated heterocycles. The first-order valence-corrected chi connectivity index (χ1v) is 7.23. The van der Waals surface area contributed by atoms with Gasteiger partial charge in [0.25, 0.3) is 0 Å². The van der Waals surface area contributed by atoms with Crippen LogP contribution in [0.15, 0.2) is 30.3 Å². The molecule has 19 heavy (non-hydrogen) atoms. The van der Waals surface area contributed by atoms with E-state index in [0.717, 1.165) is 45.2 Å². The summed E-state index contributed by atoms with van der Waals surface area (Å²) in [6.07, 6.45) is 4.96. The van der Waals surface area contributed by atoms with Crippen LogP contribution >= 0.6 is 0 Å². The van der Waals surface area contributed by atoms with E-state index in [0.29, 0.717) is 5.92 Å². The highest BCUT2D eigenvalue weighted by Crippen LogP contribution is 2.31. The van der Waals surface area contributed by atoms with E-state index in [2.05, 4.69) is 17.4 Å². The van der Waals surface area contributed by atoms with Crippen molar-refractivity contribution in [2.75, 3.05) is 6.54 Å². The summed E-state index contributed by atoms with van der Waals surface area (Å²) in [5.74, 6) is -0.790. The molecule has 1 saturated carbocycles. The lowest BCUT2D eigenvalue weighted by Gasteiger charge is -2.32. The fraction of sp³-hybridized carbons (Fsp3) is 0.562. The third-order valence-corrected chi connectivity index (χ3v) is 4.08. The summed E-state index contributed by atoms with van der Waals surface area (Å²) >= 11 is 0. The third-order valence-electron chi connectivity index (χ3n) is 4.08. The summed E-state index contributed by atoms with van der Waals surface area (Å²) in [6.45, 7) is 1.73. The molecule has 104 valence electrons. The maximum atomic E-state index is 11.1. The molecule has 1 aromatic carbocycles. The van der Waals surface area contributed by atoms with E-state index in [1.165, 1.54) is 5.56 Å². The molecule has 2 rings (SSSR count). The highest BCUT2D eigenvalue weighted by atomic mass is 16.4. The molecule has 0 spiro atoms. The van der Waals surface area contributed by atoms with Gasteiger partial charge in [0.05, 0.1) is 0 Å². The molecule has 0 radical (unpaired) electrons. The molecule has 0 amide bonds. The number of carboxylic acid groups (broad SMARTS) is 1. The lowest BCUT2D eigenvalue weighted by Crippen LogP contribution is -2.38. The largest absolute Gasteiger partial charge is 0.550 e. The molecule has 2 unspecified atom stereocenters. The zero-order chi connectivity index (χ0) is 13.5. The zero-order valence-electron chi connectivity index (χ0n) is 11.3. The van der Waals surface area contributed by atoms with Crippen LogP contribution in [0.4, 0.5) is 0 Å². The smallest absolute Gasteiger partial charge is 0.0448 e. The van der Waals surface area contributed by atoms with Crippen LogP contribution in [0.5, 0.6) is 0 Å². The van der Waals surface area contributed by atoms with E-state index in [1.807, 2.05) is 18.2 Å². The van der Waals surface area contributed by atoms with E-state index < -0.39 is 5.97 Å². The average molecular weight is 260 g/mol. The summed E-state index contributed by atoms with van der Waals surface area (Å²) in [5.41, 5.74) is 1.27. The van der Waals surface area contributed by atoms with Gasteiger partial charge in [0.1, 0.15) is 0 Å². The number of rotatable bonds is 6. The number of hydrogen-bond acceptors (Lipinski definition) is 3. The summed E-state index contributed by atoms with van der Waals surface area (Å²) in [6, 6.07) is 10.3. The molecule has 0 aromatic heterocycles. The van der Waals surface area contributed by atoms with Gasteiger partial charge in [-0.1, -0.05) is 43.2 Å². The van der Waals surface area contributed by atoms with Crippen LogP contribution in [0.3, 0.4) is 0 Å². The highest BCUT2D eigenvalue weighted by molar-refractivity contribution is 5.68. The van der Waals surface area contributed by atoms with E-state index in [-0.39, 0.29) is 5.92 Å². The van der Waals surface area contributed by atoms with Gasteiger partial charge in [-0.25, -0.2) is 0 Å². The normalized spacial score (nSPS) is 23.2. The minimum atomic E-state index is -0.854. The van der Waals surface area contributed by atoms with Crippen molar-refractivity contribution in [1.82, 2.24) is 5.32 Å². The van der Waals surface area contributed by atoms with Gasteiger partial charge in [0.15, 0.2) is 0 Å². The maximum absolute atomic E-state index is 11.1. The number of hydrogen-bond donors (Lipinski definition) is 1. The topological polar surface area (TPSA) is 52.2 Å². The van der Waals surface area contributed by atoms with Crippen molar-refractivity contribution in [3.8, 4) is 0 Å². The van der Waals surface area contributed by atoms with Crippen LogP contribution in [0.25, 0.3) is 0 Å². The lowest BCUT2D eigenvalue weighted by molar-refractivity contribution is -0.314. The molecule has 1 aromatic rings. The second kappa shape index (κ2) is 7.29. The molecule has 2 atom stereocenters. The molecule has 1 aliphatic rings. The molecule has 1 aliphatic carbocycles. The Hall–Kier alpha value is -1.35. The summed E-state index contributed by atoms with van der Waals surface area (Å²) < 4.78 is 0. The molecule has 0 bridgehead atoms. The van der Waals surface area contributed by atoms with E-state index in [9.17, 15) is 9.90 Å². The van der Waals surface area contributed by atoms with Crippen molar-refractivity contribution >= 4 is 5.97 Å². The van der Waals surface area contributed by atoms with Gasteiger partial charge in [-0.15, -0.1) is 0 Å². The highest BCUT2D eigenvalue weighted by Gasteiger charge is 2.25. The number of nitrogens with one attached hydrogen (secondary N) is 1. The van der Waals surface area contributed by atoms with Crippen LogP contribution < -0.4 is 10.4 Å². The Balaban J connectivity index is 1.71. The predicted molar refractivity (Wildman–Crippen MR) is 73.2 cm³/mol. The molecular weight excluding hydrogens is 238 g/mol. The van der Waals surface area contributed by atoms with Gasteiger partial charge >= 0.3 is 0 Å². The van der Waals surface area contributed by atoms with Crippen molar-refractivity contribution in [1.29, 1.82) is 0 Å². The fourth-order valence-electron chi connectivity index (χ4n) is 2.98. The number of carbonyl (C=O) groups excluding carboxylic acids is 1. The molecule has 0 aliphatic heterocycles. The van der Waals surface area contributed by atoms with Gasteiger partial charge in [-0.05, 0) is 37.3 Å². The van der Waals surface area contributed by atoms with Crippen molar-refractivity contribution in [2.24, 2.45) is 11.8 Å². The lowest BCUT2D eigenvalue weighted by atomic mass is 9.77. The van der Waals surface area contributed by atoms with Crippen LogP contribution in [-0.4, -0.2) is 12.5 Å². The monoisotopic (exact) mass is 260 g/mol. The first-order valence-electron chi connectivity index (χ1n) is 7.23. The Kier molecular flexibility index (Phi) is 5.40. The SMILES string of the molecule is O=C([O-])C1CCCCC1CCNCc1ccccc1. The molecule has 3 heteroatoms. The number of carboxylic acids is 1. The van der Waals surface area contributed by atoms with Crippen molar-refractivity contribution in [2.45, 2.75) is 38.6 Å². The Morgan fingerprint density at radius 2 is 1.95 bits per heavy atom. The number of carbonyl (C=O) groups is 1. The number of aliphatic carboxylic acids is 1. The van der Waals surface area contributed by atoms with Crippen LogP contribution in [0.2, 0.25) is 0 Å². The van der Waals surface area contributed by atoms with Gasteiger partial charge < -0.3 is 15.2 Å². The minimum absolute atomic E-state index is 0.229. The minimum Gasteiger partial charge on any atom is -0.550 e. The fourth-order valence-corrected chi connectivity index (χ4v) is 2.98. The predicted octanol–water partition coefficient (Wildman–Crippen LogP) is 1.72. The Morgan fingerprint density at radius 1 is 1.21 bits per heavy atom.